The van der Waals surface area contributed by atoms with Crippen LogP contribution in [0.1, 0.15) is 45.3 Å². The quantitative estimate of drug-likeness (QED) is 0.811. The van der Waals surface area contributed by atoms with Crippen LogP contribution in [0.15, 0.2) is 12.1 Å². The Bertz CT molecular complexity index is 394. The number of aliphatic hydroxyl groups excluding tert-OH is 1. The molecule has 102 valence electrons. The number of halogens is 2. The molecule has 4 heteroatoms. The first-order valence-electron chi connectivity index (χ1n) is 6.29. The molecule has 1 aromatic carbocycles. The zero-order valence-corrected chi connectivity index (χ0v) is 12.6. The van der Waals surface area contributed by atoms with Gasteiger partial charge in [0, 0.05) is 11.6 Å². The first kappa shape index (κ1) is 15.6. The molecule has 2 unspecified atom stereocenters. The molecule has 18 heavy (non-hydrogen) atoms. The highest BCUT2D eigenvalue weighted by atomic mass is 35.5. The normalized spacial score (nSPS) is 14.3. The molecule has 0 saturated heterocycles. The third-order valence-electron chi connectivity index (χ3n) is 3.03. The van der Waals surface area contributed by atoms with Crippen LogP contribution >= 0.6 is 23.2 Å². The first-order chi connectivity index (χ1) is 8.49. The van der Waals surface area contributed by atoms with Crippen molar-refractivity contribution in [3.8, 4) is 5.75 Å². The second-order valence-corrected chi connectivity index (χ2v) is 5.32. The van der Waals surface area contributed by atoms with Gasteiger partial charge < -0.3 is 9.84 Å². The second kappa shape index (κ2) is 7.22. The highest BCUT2D eigenvalue weighted by Gasteiger charge is 2.17. The molecule has 0 spiro atoms. The lowest BCUT2D eigenvalue weighted by molar-refractivity contribution is 0.146. The number of benzene rings is 1. The van der Waals surface area contributed by atoms with E-state index < -0.39 is 6.10 Å². The van der Waals surface area contributed by atoms with Gasteiger partial charge in [-0.05, 0) is 25.3 Å². The van der Waals surface area contributed by atoms with Crippen molar-refractivity contribution in [3.63, 3.8) is 0 Å². The maximum absolute atomic E-state index is 10.2. The third kappa shape index (κ3) is 4.04. The van der Waals surface area contributed by atoms with Crippen LogP contribution in [0.3, 0.4) is 0 Å². The standard InChI is InChI=1S/C14H20Cl2O2/c1-4-9(3)6-13(17)10-7-12(16)14(18-5-2)8-11(10)15/h7-9,13,17H,4-6H2,1-3H3. The fourth-order valence-corrected chi connectivity index (χ4v) is 2.25. The molecule has 0 aliphatic heterocycles. The molecule has 1 N–H and O–H groups in total. The summed E-state index contributed by atoms with van der Waals surface area (Å²) in [5, 5.41) is 11.1. The summed E-state index contributed by atoms with van der Waals surface area (Å²) < 4.78 is 5.36. The van der Waals surface area contributed by atoms with E-state index in [4.69, 9.17) is 27.9 Å². The number of rotatable bonds is 6. The van der Waals surface area contributed by atoms with Gasteiger partial charge in [0.15, 0.2) is 0 Å². The summed E-state index contributed by atoms with van der Waals surface area (Å²) in [5.74, 6) is 1.00. The molecule has 1 rings (SSSR count). The number of ether oxygens (including phenoxy) is 1. The Balaban J connectivity index is 2.92. The molecule has 0 radical (unpaired) electrons. The molecule has 0 heterocycles. The topological polar surface area (TPSA) is 29.5 Å². The summed E-state index contributed by atoms with van der Waals surface area (Å²) in [6, 6.07) is 3.37. The molecular formula is C14H20Cl2O2. The third-order valence-corrected chi connectivity index (χ3v) is 3.66. The monoisotopic (exact) mass is 290 g/mol. The van der Waals surface area contributed by atoms with Crippen LogP contribution in [0, 0.1) is 5.92 Å². The predicted octanol–water partition coefficient (Wildman–Crippen LogP) is 4.86. The van der Waals surface area contributed by atoms with Crippen LogP contribution in [-0.2, 0) is 0 Å². The summed E-state index contributed by atoms with van der Waals surface area (Å²) in [4.78, 5) is 0. The van der Waals surface area contributed by atoms with Gasteiger partial charge in [0.25, 0.3) is 0 Å². The Labute approximate surface area is 119 Å². The van der Waals surface area contributed by atoms with E-state index >= 15 is 0 Å². The van der Waals surface area contributed by atoms with E-state index in [0.29, 0.717) is 40.3 Å². The van der Waals surface area contributed by atoms with Crippen molar-refractivity contribution >= 4 is 23.2 Å². The molecule has 0 amide bonds. The van der Waals surface area contributed by atoms with Crippen LogP contribution in [0.4, 0.5) is 0 Å². The van der Waals surface area contributed by atoms with E-state index in [1.807, 2.05) is 6.92 Å². The Hall–Kier alpha value is -0.440. The van der Waals surface area contributed by atoms with Gasteiger partial charge in [-0.2, -0.15) is 0 Å². The Morgan fingerprint density at radius 3 is 2.44 bits per heavy atom. The van der Waals surface area contributed by atoms with E-state index in [2.05, 4.69) is 13.8 Å². The van der Waals surface area contributed by atoms with Crippen molar-refractivity contribution in [1.29, 1.82) is 0 Å². The first-order valence-corrected chi connectivity index (χ1v) is 7.04. The van der Waals surface area contributed by atoms with Gasteiger partial charge in [0.05, 0.1) is 22.8 Å². The highest BCUT2D eigenvalue weighted by Crippen LogP contribution is 2.36. The van der Waals surface area contributed by atoms with Gasteiger partial charge in [-0.15, -0.1) is 0 Å². The van der Waals surface area contributed by atoms with Crippen molar-refractivity contribution in [2.24, 2.45) is 5.92 Å². The van der Waals surface area contributed by atoms with Gasteiger partial charge in [-0.3, -0.25) is 0 Å². The summed E-state index contributed by atoms with van der Waals surface area (Å²) >= 11 is 12.3. The van der Waals surface area contributed by atoms with E-state index in [0.717, 1.165) is 6.42 Å². The summed E-state index contributed by atoms with van der Waals surface area (Å²) in [5.41, 5.74) is 0.672. The maximum atomic E-state index is 10.2. The average Bonchev–Trinajstić information content (AvgIpc) is 2.33. The summed E-state index contributed by atoms with van der Waals surface area (Å²) in [7, 11) is 0. The van der Waals surface area contributed by atoms with E-state index in [-0.39, 0.29) is 0 Å². The molecule has 1 aromatic rings. The fraction of sp³-hybridized carbons (Fsp3) is 0.571. The maximum Gasteiger partial charge on any atom is 0.139 e. The van der Waals surface area contributed by atoms with Crippen LogP contribution in [0.2, 0.25) is 10.0 Å². The van der Waals surface area contributed by atoms with Gasteiger partial charge >= 0.3 is 0 Å². The van der Waals surface area contributed by atoms with E-state index in [1.54, 1.807) is 12.1 Å². The van der Waals surface area contributed by atoms with Crippen molar-refractivity contribution in [2.45, 2.75) is 39.7 Å². The minimum absolute atomic E-state index is 0.446. The van der Waals surface area contributed by atoms with E-state index in [9.17, 15) is 5.11 Å². The van der Waals surface area contributed by atoms with Gasteiger partial charge in [-0.1, -0.05) is 43.5 Å². The molecule has 0 fully saturated rings. The SMILES string of the molecule is CCOc1cc(Cl)c(C(O)CC(C)CC)cc1Cl. The molecule has 0 aliphatic carbocycles. The van der Waals surface area contributed by atoms with Gasteiger partial charge in [0.1, 0.15) is 5.75 Å². The average molecular weight is 291 g/mol. The number of hydrogen-bond donors (Lipinski definition) is 1. The minimum Gasteiger partial charge on any atom is -0.492 e. The lowest BCUT2D eigenvalue weighted by atomic mass is 9.96. The molecule has 2 nitrogen and oxygen atoms in total. The zero-order chi connectivity index (χ0) is 13.7. The van der Waals surface area contributed by atoms with Crippen LogP contribution in [-0.4, -0.2) is 11.7 Å². The highest BCUT2D eigenvalue weighted by molar-refractivity contribution is 6.34. The Kier molecular flexibility index (Phi) is 6.27. The number of aliphatic hydroxyl groups is 1. The largest absolute Gasteiger partial charge is 0.492 e. The smallest absolute Gasteiger partial charge is 0.139 e. The van der Waals surface area contributed by atoms with E-state index in [1.165, 1.54) is 0 Å². The Morgan fingerprint density at radius 2 is 1.89 bits per heavy atom. The van der Waals surface area contributed by atoms with Crippen LogP contribution < -0.4 is 4.74 Å². The van der Waals surface area contributed by atoms with Crippen molar-refractivity contribution in [3.05, 3.63) is 27.7 Å². The van der Waals surface area contributed by atoms with Gasteiger partial charge in [0.2, 0.25) is 0 Å². The summed E-state index contributed by atoms with van der Waals surface area (Å²) in [6.45, 7) is 6.62. The molecular weight excluding hydrogens is 271 g/mol. The van der Waals surface area contributed by atoms with Crippen LogP contribution in [0.5, 0.6) is 5.75 Å². The lowest BCUT2D eigenvalue weighted by Crippen LogP contribution is -2.05. The Morgan fingerprint density at radius 1 is 1.22 bits per heavy atom. The van der Waals surface area contributed by atoms with Crippen molar-refractivity contribution in [1.82, 2.24) is 0 Å². The molecule has 0 aromatic heterocycles. The zero-order valence-electron chi connectivity index (χ0n) is 11.0. The van der Waals surface area contributed by atoms with Gasteiger partial charge in [-0.25, -0.2) is 0 Å². The van der Waals surface area contributed by atoms with Crippen molar-refractivity contribution in [2.75, 3.05) is 6.61 Å². The molecule has 2 atom stereocenters. The molecule has 0 bridgehead atoms. The van der Waals surface area contributed by atoms with Crippen molar-refractivity contribution < 1.29 is 9.84 Å². The lowest BCUT2D eigenvalue weighted by Gasteiger charge is -2.18. The summed E-state index contributed by atoms with van der Waals surface area (Å²) in [6.07, 6.45) is 1.13. The minimum atomic E-state index is -0.583. The second-order valence-electron chi connectivity index (χ2n) is 4.50. The predicted molar refractivity (Wildman–Crippen MR) is 76.7 cm³/mol. The molecule has 0 saturated carbocycles. The number of hydrogen-bond acceptors (Lipinski definition) is 2. The fourth-order valence-electron chi connectivity index (χ4n) is 1.74. The van der Waals surface area contributed by atoms with Crippen LogP contribution in [0.25, 0.3) is 0 Å². The molecule has 0 aliphatic rings.